The zero-order valence-electron chi connectivity index (χ0n) is 10.4. The number of amidine groups is 1. The number of rotatable bonds is 5. The molecule has 3 nitrogen and oxygen atoms in total. The number of hydrogen-bond donors (Lipinski definition) is 2. The van der Waals surface area contributed by atoms with Gasteiger partial charge in [0.25, 0.3) is 0 Å². The Morgan fingerprint density at radius 2 is 2.00 bits per heavy atom. The lowest BCUT2D eigenvalue weighted by molar-refractivity contribution is 0.307. The van der Waals surface area contributed by atoms with E-state index in [2.05, 4.69) is 16.9 Å². The van der Waals surface area contributed by atoms with Crippen molar-refractivity contribution in [2.45, 2.75) is 57.6 Å². The van der Waals surface area contributed by atoms with Gasteiger partial charge >= 0.3 is 0 Å². The highest BCUT2D eigenvalue weighted by Crippen LogP contribution is 2.31. The van der Waals surface area contributed by atoms with Crippen LogP contribution in [0.2, 0.25) is 0 Å². The summed E-state index contributed by atoms with van der Waals surface area (Å²) in [5.74, 6) is 1.45. The molecule has 0 atom stereocenters. The second-order valence-electron chi connectivity index (χ2n) is 5.25. The molecular formula is C12H24N2OS. The first-order valence-electron chi connectivity index (χ1n) is 6.16. The minimum Gasteiger partial charge on any atom is -0.409 e. The molecule has 0 aliphatic heterocycles. The van der Waals surface area contributed by atoms with E-state index in [1.807, 2.05) is 13.8 Å². The van der Waals surface area contributed by atoms with Crippen molar-refractivity contribution in [3.8, 4) is 0 Å². The van der Waals surface area contributed by atoms with Gasteiger partial charge in [-0.05, 0) is 25.0 Å². The predicted octanol–water partition coefficient (Wildman–Crippen LogP) is 3.22. The minimum atomic E-state index is -0.184. The highest BCUT2D eigenvalue weighted by molar-refractivity contribution is 7.99. The average molecular weight is 244 g/mol. The molecular weight excluding hydrogens is 220 g/mol. The van der Waals surface area contributed by atoms with Crippen LogP contribution in [0.3, 0.4) is 0 Å². The van der Waals surface area contributed by atoms with Crippen LogP contribution in [0.4, 0.5) is 0 Å². The topological polar surface area (TPSA) is 58.6 Å². The van der Waals surface area contributed by atoms with Gasteiger partial charge in [0.05, 0.1) is 0 Å². The van der Waals surface area contributed by atoms with Gasteiger partial charge in [0.1, 0.15) is 5.84 Å². The summed E-state index contributed by atoms with van der Waals surface area (Å²) in [7, 11) is 0. The molecule has 1 saturated carbocycles. The highest BCUT2D eigenvalue weighted by Gasteiger charge is 2.24. The molecule has 4 heteroatoms. The number of nitrogens with two attached hydrogens (primary N) is 1. The maximum Gasteiger partial charge on any atom is 0.144 e. The molecule has 16 heavy (non-hydrogen) atoms. The van der Waals surface area contributed by atoms with Gasteiger partial charge in [-0.3, -0.25) is 0 Å². The van der Waals surface area contributed by atoms with Crippen LogP contribution in [-0.4, -0.2) is 22.0 Å². The molecule has 1 aliphatic rings. The number of thioether (sulfide) groups is 1. The molecule has 1 fully saturated rings. The number of hydrogen-bond acceptors (Lipinski definition) is 3. The van der Waals surface area contributed by atoms with E-state index < -0.39 is 0 Å². The van der Waals surface area contributed by atoms with Gasteiger partial charge in [0, 0.05) is 10.7 Å². The zero-order chi connectivity index (χ0) is 12.0. The summed E-state index contributed by atoms with van der Waals surface area (Å²) in [5.41, 5.74) is 5.48. The van der Waals surface area contributed by atoms with E-state index in [9.17, 15) is 0 Å². The van der Waals surface area contributed by atoms with E-state index in [-0.39, 0.29) is 5.41 Å². The van der Waals surface area contributed by atoms with Gasteiger partial charge in [0.2, 0.25) is 0 Å². The first-order valence-corrected chi connectivity index (χ1v) is 7.21. The van der Waals surface area contributed by atoms with Crippen LogP contribution in [0.15, 0.2) is 5.16 Å². The molecule has 1 rings (SSSR count). The Balaban J connectivity index is 2.23. The zero-order valence-corrected chi connectivity index (χ0v) is 11.2. The highest BCUT2D eigenvalue weighted by atomic mass is 32.2. The summed E-state index contributed by atoms with van der Waals surface area (Å²) in [5, 5.41) is 12.6. The first-order chi connectivity index (χ1) is 7.56. The van der Waals surface area contributed by atoms with Crippen LogP contribution in [0.25, 0.3) is 0 Å². The first kappa shape index (κ1) is 13.7. The lowest BCUT2D eigenvalue weighted by Crippen LogP contribution is -2.32. The van der Waals surface area contributed by atoms with Crippen molar-refractivity contribution < 1.29 is 5.21 Å². The fraction of sp³-hybridized carbons (Fsp3) is 0.917. The molecule has 0 aromatic carbocycles. The number of nitrogens with zero attached hydrogens (tertiary/aromatic N) is 1. The van der Waals surface area contributed by atoms with E-state index >= 15 is 0 Å². The van der Waals surface area contributed by atoms with E-state index in [4.69, 9.17) is 10.9 Å². The van der Waals surface area contributed by atoms with Gasteiger partial charge in [-0.15, -0.1) is 0 Å². The van der Waals surface area contributed by atoms with Gasteiger partial charge in [0.15, 0.2) is 0 Å². The minimum absolute atomic E-state index is 0.184. The van der Waals surface area contributed by atoms with Gasteiger partial charge in [-0.1, -0.05) is 38.3 Å². The summed E-state index contributed by atoms with van der Waals surface area (Å²) in [4.78, 5) is 0. The maximum absolute atomic E-state index is 8.67. The fourth-order valence-electron chi connectivity index (χ4n) is 1.98. The summed E-state index contributed by atoms with van der Waals surface area (Å²) in [6.07, 6.45) is 7.91. The van der Waals surface area contributed by atoms with Gasteiger partial charge in [-0.25, -0.2) is 0 Å². The van der Waals surface area contributed by atoms with Crippen molar-refractivity contribution in [3.63, 3.8) is 0 Å². The fourth-order valence-corrected chi connectivity index (χ4v) is 3.60. The Kier molecular flexibility index (Phi) is 5.46. The van der Waals surface area contributed by atoms with Gasteiger partial charge in [-0.2, -0.15) is 11.8 Å². The SMILES string of the molecule is CC(C)(CCSC1CCCCC1)C(N)=NO. The molecule has 0 radical (unpaired) electrons. The Bertz CT molecular complexity index is 235. The summed E-state index contributed by atoms with van der Waals surface area (Å²) < 4.78 is 0. The summed E-state index contributed by atoms with van der Waals surface area (Å²) >= 11 is 2.06. The van der Waals surface area contributed by atoms with Crippen molar-refractivity contribution in [2.24, 2.45) is 16.3 Å². The smallest absolute Gasteiger partial charge is 0.144 e. The molecule has 0 heterocycles. The van der Waals surface area contributed by atoms with Crippen LogP contribution in [0.5, 0.6) is 0 Å². The molecule has 0 spiro atoms. The second-order valence-corrected chi connectivity index (χ2v) is 6.66. The standard InChI is InChI=1S/C12H24N2OS/c1-12(2,11(13)14-15)8-9-16-10-6-4-3-5-7-10/h10,15H,3-9H2,1-2H3,(H2,13,14). The van der Waals surface area contributed by atoms with E-state index in [0.717, 1.165) is 17.4 Å². The largest absolute Gasteiger partial charge is 0.409 e. The lowest BCUT2D eigenvalue weighted by atomic mass is 9.89. The van der Waals surface area contributed by atoms with Gasteiger partial charge < -0.3 is 10.9 Å². The molecule has 0 aromatic heterocycles. The van der Waals surface area contributed by atoms with Crippen molar-refractivity contribution in [1.29, 1.82) is 0 Å². The number of oxime groups is 1. The van der Waals surface area contributed by atoms with Crippen molar-refractivity contribution in [3.05, 3.63) is 0 Å². The summed E-state index contributed by atoms with van der Waals surface area (Å²) in [6, 6.07) is 0. The molecule has 94 valence electrons. The van der Waals surface area contributed by atoms with E-state index in [0.29, 0.717) is 5.84 Å². The third-order valence-corrected chi connectivity index (χ3v) is 4.82. The summed E-state index contributed by atoms with van der Waals surface area (Å²) in [6.45, 7) is 4.06. The Morgan fingerprint density at radius 1 is 1.38 bits per heavy atom. The van der Waals surface area contributed by atoms with Crippen molar-refractivity contribution in [1.82, 2.24) is 0 Å². The van der Waals surface area contributed by atoms with Crippen molar-refractivity contribution in [2.75, 3.05) is 5.75 Å². The third-order valence-electron chi connectivity index (χ3n) is 3.43. The molecule has 0 bridgehead atoms. The average Bonchev–Trinajstić information content (AvgIpc) is 2.29. The quantitative estimate of drug-likeness (QED) is 0.338. The van der Waals surface area contributed by atoms with E-state index in [1.54, 1.807) is 0 Å². The monoisotopic (exact) mass is 244 g/mol. The normalized spacial score (nSPS) is 20.0. The van der Waals surface area contributed by atoms with Crippen LogP contribution in [-0.2, 0) is 0 Å². The van der Waals surface area contributed by atoms with E-state index in [1.165, 1.54) is 32.1 Å². The van der Waals surface area contributed by atoms with Crippen LogP contribution >= 0.6 is 11.8 Å². The van der Waals surface area contributed by atoms with Crippen LogP contribution < -0.4 is 5.73 Å². The molecule has 1 aliphatic carbocycles. The Labute approximate surface area is 103 Å². The third kappa shape index (κ3) is 4.24. The molecule has 0 amide bonds. The Hall–Kier alpha value is -0.380. The molecule has 3 N–H and O–H groups in total. The molecule has 0 saturated heterocycles. The predicted molar refractivity (Wildman–Crippen MR) is 71.1 cm³/mol. The molecule has 0 aromatic rings. The van der Waals surface area contributed by atoms with Crippen molar-refractivity contribution >= 4 is 17.6 Å². The second kappa shape index (κ2) is 6.38. The Morgan fingerprint density at radius 3 is 2.56 bits per heavy atom. The van der Waals surface area contributed by atoms with Crippen LogP contribution in [0, 0.1) is 5.41 Å². The van der Waals surface area contributed by atoms with Crippen LogP contribution in [0.1, 0.15) is 52.4 Å². The molecule has 0 unspecified atom stereocenters. The maximum atomic E-state index is 8.67. The lowest BCUT2D eigenvalue weighted by Gasteiger charge is -2.25.